The highest BCUT2D eigenvalue weighted by Crippen LogP contribution is 2.26. The van der Waals surface area contributed by atoms with Crippen molar-refractivity contribution in [1.82, 2.24) is 0 Å². The Balaban J connectivity index is 2.30. The lowest BCUT2D eigenvalue weighted by Gasteiger charge is -2.18. The van der Waals surface area contributed by atoms with Crippen LogP contribution >= 0.6 is 11.6 Å². The molecular formula is C16H15ClO. The molecule has 1 unspecified atom stereocenters. The van der Waals surface area contributed by atoms with E-state index in [4.69, 9.17) is 16.3 Å². The van der Waals surface area contributed by atoms with E-state index in [1.807, 2.05) is 42.5 Å². The van der Waals surface area contributed by atoms with Gasteiger partial charge in [0.2, 0.25) is 0 Å². The van der Waals surface area contributed by atoms with E-state index < -0.39 is 0 Å². The van der Waals surface area contributed by atoms with Crippen LogP contribution in [0, 0.1) is 0 Å². The molecule has 0 aromatic heterocycles. The maximum absolute atomic E-state index is 5.91. The fourth-order valence-corrected chi connectivity index (χ4v) is 1.94. The minimum absolute atomic E-state index is 0.0820. The maximum Gasteiger partial charge on any atom is 0.108 e. The normalized spacial score (nSPS) is 12.1. The van der Waals surface area contributed by atoms with Crippen LogP contribution in [0.1, 0.15) is 17.2 Å². The average molecular weight is 259 g/mol. The van der Waals surface area contributed by atoms with Crippen LogP contribution in [-0.2, 0) is 4.74 Å². The molecule has 2 rings (SSSR count). The number of benzene rings is 2. The molecule has 0 amide bonds. The summed E-state index contributed by atoms with van der Waals surface area (Å²) in [6.07, 6.45) is 1.67. The lowest BCUT2D eigenvalue weighted by molar-refractivity contribution is 0.104. The number of rotatable bonds is 5. The summed E-state index contributed by atoms with van der Waals surface area (Å²) < 4.78 is 5.84. The van der Waals surface area contributed by atoms with Crippen LogP contribution in [0.2, 0.25) is 5.02 Å². The minimum Gasteiger partial charge on any atom is -0.365 e. The van der Waals surface area contributed by atoms with E-state index >= 15 is 0 Å². The molecule has 92 valence electrons. The lowest BCUT2D eigenvalue weighted by atomic mass is 10.0. The van der Waals surface area contributed by atoms with E-state index in [1.165, 1.54) is 0 Å². The summed E-state index contributed by atoms with van der Waals surface area (Å²) in [4.78, 5) is 0. The predicted octanol–water partition coefficient (Wildman–Crippen LogP) is 4.63. The highest BCUT2D eigenvalue weighted by Gasteiger charge is 2.13. The molecule has 0 spiro atoms. The number of halogens is 1. The van der Waals surface area contributed by atoms with Crippen molar-refractivity contribution in [3.8, 4) is 0 Å². The van der Waals surface area contributed by atoms with Gasteiger partial charge in [-0.1, -0.05) is 60.1 Å². The highest BCUT2D eigenvalue weighted by atomic mass is 35.5. The van der Waals surface area contributed by atoms with Crippen molar-refractivity contribution in [3.63, 3.8) is 0 Å². The van der Waals surface area contributed by atoms with E-state index in [9.17, 15) is 0 Å². The first-order valence-corrected chi connectivity index (χ1v) is 6.22. The Bertz CT molecular complexity index is 490. The van der Waals surface area contributed by atoms with Gasteiger partial charge >= 0.3 is 0 Å². The third-order valence-corrected chi connectivity index (χ3v) is 2.91. The summed E-state index contributed by atoms with van der Waals surface area (Å²) in [5.74, 6) is 0. The van der Waals surface area contributed by atoms with Crippen LogP contribution in [0.3, 0.4) is 0 Å². The zero-order valence-electron chi connectivity index (χ0n) is 10.1. The van der Waals surface area contributed by atoms with Gasteiger partial charge in [0.15, 0.2) is 0 Å². The van der Waals surface area contributed by atoms with Gasteiger partial charge in [-0.3, -0.25) is 0 Å². The largest absolute Gasteiger partial charge is 0.365 e. The molecule has 0 bridgehead atoms. The van der Waals surface area contributed by atoms with E-state index in [0.29, 0.717) is 6.61 Å². The summed E-state index contributed by atoms with van der Waals surface area (Å²) in [7, 11) is 0. The first-order chi connectivity index (χ1) is 8.81. The molecule has 2 aromatic rings. The van der Waals surface area contributed by atoms with Crippen LogP contribution in [0.5, 0.6) is 0 Å². The lowest BCUT2D eigenvalue weighted by Crippen LogP contribution is -2.06. The van der Waals surface area contributed by atoms with E-state index in [1.54, 1.807) is 6.08 Å². The van der Waals surface area contributed by atoms with Gasteiger partial charge in [0.1, 0.15) is 6.10 Å². The first-order valence-electron chi connectivity index (χ1n) is 5.84. The van der Waals surface area contributed by atoms with Gasteiger partial charge in [0.25, 0.3) is 0 Å². The summed E-state index contributed by atoms with van der Waals surface area (Å²) in [5.41, 5.74) is 2.22. The molecule has 18 heavy (non-hydrogen) atoms. The number of hydrogen-bond acceptors (Lipinski definition) is 1. The number of hydrogen-bond donors (Lipinski definition) is 0. The molecule has 0 N–H and O–H groups in total. The smallest absolute Gasteiger partial charge is 0.108 e. The van der Waals surface area contributed by atoms with Gasteiger partial charge < -0.3 is 4.74 Å². The van der Waals surface area contributed by atoms with Crippen LogP contribution in [0.4, 0.5) is 0 Å². The summed E-state index contributed by atoms with van der Waals surface area (Å²) in [6, 6.07) is 17.9. The molecule has 0 fully saturated rings. The fraction of sp³-hybridized carbons (Fsp3) is 0.125. The van der Waals surface area contributed by atoms with Crippen molar-refractivity contribution < 1.29 is 4.74 Å². The molecule has 2 aromatic carbocycles. The Morgan fingerprint density at radius 1 is 1.00 bits per heavy atom. The Labute approximate surface area is 113 Å². The first kappa shape index (κ1) is 12.9. The fourth-order valence-electron chi connectivity index (χ4n) is 1.81. The average Bonchev–Trinajstić information content (AvgIpc) is 2.42. The molecule has 0 radical (unpaired) electrons. The second-order valence-corrected chi connectivity index (χ2v) is 4.40. The second kappa shape index (κ2) is 6.39. The SMILES string of the molecule is C=CCOC(c1ccccc1)c1ccc(Cl)cc1. The zero-order chi connectivity index (χ0) is 12.8. The second-order valence-electron chi connectivity index (χ2n) is 3.96. The molecule has 1 atom stereocenters. The summed E-state index contributed by atoms with van der Waals surface area (Å²) >= 11 is 5.91. The van der Waals surface area contributed by atoms with Gasteiger partial charge in [-0.05, 0) is 23.3 Å². The Kier molecular flexibility index (Phi) is 4.57. The highest BCUT2D eigenvalue weighted by molar-refractivity contribution is 6.30. The van der Waals surface area contributed by atoms with E-state index in [2.05, 4.69) is 18.7 Å². The van der Waals surface area contributed by atoms with Crippen molar-refractivity contribution in [2.24, 2.45) is 0 Å². The summed E-state index contributed by atoms with van der Waals surface area (Å²) in [5, 5.41) is 0.731. The molecule has 0 saturated heterocycles. The standard InChI is InChI=1S/C16H15ClO/c1-2-12-18-16(13-6-4-3-5-7-13)14-8-10-15(17)11-9-14/h2-11,16H,1,12H2. The molecule has 0 heterocycles. The van der Waals surface area contributed by atoms with E-state index in [0.717, 1.165) is 16.1 Å². The zero-order valence-corrected chi connectivity index (χ0v) is 10.8. The quantitative estimate of drug-likeness (QED) is 0.711. The molecule has 0 saturated carbocycles. The molecule has 0 aliphatic carbocycles. The third-order valence-electron chi connectivity index (χ3n) is 2.66. The number of ether oxygens (including phenoxy) is 1. The molecule has 0 aliphatic heterocycles. The molecular weight excluding hydrogens is 244 g/mol. The van der Waals surface area contributed by atoms with Crippen molar-refractivity contribution >= 4 is 11.6 Å². The Morgan fingerprint density at radius 3 is 2.22 bits per heavy atom. The van der Waals surface area contributed by atoms with Gasteiger partial charge in [-0.2, -0.15) is 0 Å². The van der Waals surface area contributed by atoms with E-state index in [-0.39, 0.29) is 6.10 Å². The minimum atomic E-state index is -0.0820. The van der Waals surface area contributed by atoms with Crippen molar-refractivity contribution in [3.05, 3.63) is 83.4 Å². The monoisotopic (exact) mass is 258 g/mol. The molecule has 2 heteroatoms. The maximum atomic E-state index is 5.91. The Morgan fingerprint density at radius 2 is 1.61 bits per heavy atom. The van der Waals surface area contributed by atoms with Gasteiger partial charge in [0, 0.05) is 5.02 Å². The van der Waals surface area contributed by atoms with Crippen molar-refractivity contribution in [1.29, 1.82) is 0 Å². The predicted molar refractivity (Wildman–Crippen MR) is 75.9 cm³/mol. The van der Waals surface area contributed by atoms with Crippen LogP contribution in [0.25, 0.3) is 0 Å². The van der Waals surface area contributed by atoms with Crippen molar-refractivity contribution in [2.75, 3.05) is 6.61 Å². The molecule has 0 aliphatic rings. The van der Waals surface area contributed by atoms with Gasteiger partial charge in [0.05, 0.1) is 6.61 Å². The van der Waals surface area contributed by atoms with Crippen LogP contribution in [-0.4, -0.2) is 6.61 Å². The summed E-state index contributed by atoms with van der Waals surface area (Å²) in [6.45, 7) is 4.20. The van der Waals surface area contributed by atoms with Crippen molar-refractivity contribution in [2.45, 2.75) is 6.10 Å². The third kappa shape index (κ3) is 3.22. The van der Waals surface area contributed by atoms with Gasteiger partial charge in [-0.15, -0.1) is 6.58 Å². The topological polar surface area (TPSA) is 9.23 Å². The van der Waals surface area contributed by atoms with Crippen LogP contribution in [0.15, 0.2) is 67.3 Å². The Hall–Kier alpha value is -1.57. The van der Waals surface area contributed by atoms with Crippen LogP contribution < -0.4 is 0 Å². The molecule has 1 nitrogen and oxygen atoms in total. The van der Waals surface area contributed by atoms with Gasteiger partial charge in [-0.25, -0.2) is 0 Å².